The number of benzene rings is 1. The van der Waals surface area contributed by atoms with Gasteiger partial charge >= 0.3 is 5.97 Å². The zero-order valence-electron chi connectivity index (χ0n) is 14.0. The molecule has 0 radical (unpaired) electrons. The van der Waals surface area contributed by atoms with Crippen LogP contribution in [0.15, 0.2) is 30.3 Å². The number of esters is 1. The second-order valence-corrected chi connectivity index (χ2v) is 5.47. The number of rotatable bonds is 10. The number of carbonyl (C=O) groups excluding carboxylic acids is 1. The standard InChI is InChI=1S/C19H28O3/c1-4-6-7-8-15-21-18-12-9-17(10-13-18)11-14-19(20)22-16(3)5-2/h9-14,16H,4-8,15H2,1-3H3. The van der Waals surface area contributed by atoms with Gasteiger partial charge in [-0.05, 0) is 43.5 Å². The molecule has 1 aromatic carbocycles. The van der Waals surface area contributed by atoms with E-state index in [-0.39, 0.29) is 12.1 Å². The summed E-state index contributed by atoms with van der Waals surface area (Å²) in [6.07, 6.45) is 8.82. The number of hydrogen-bond acceptors (Lipinski definition) is 3. The monoisotopic (exact) mass is 304 g/mol. The highest BCUT2D eigenvalue weighted by Gasteiger charge is 2.03. The van der Waals surface area contributed by atoms with E-state index in [9.17, 15) is 4.79 Å². The van der Waals surface area contributed by atoms with E-state index in [2.05, 4.69) is 6.92 Å². The van der Waals surface area contributed by atoms with E-state index in [4.69, 9.17) is 9.47 Å². The lowest BCUT2D eigenvalue weighted by Crippen LogP contribution is -2.11. The molecule has 1 aromatic rings. The summed E-state index contributed by atoms with van der Waals surface area (Å²) in [5.74, 6) is 0.571. The summed E-state index contributed by atoms with van der Waals surface area (Å²) in [4.78, 5) is 11.5. The molecule has 0 aromatic heterocycles. The first-order valence-electron chi connectivity index (χ1n) is 8.27. The SMILES string of the molecule is CCCCCCOc1ccc(C=CC(=O)OC(C)CC)cc1. The maximum absolute atomic E-state index is 11.5. The van der Waals surface area contributed by atoms with Crippen molar-refractivity contribution < 1.29 is 14.3 Å². The topological polar surface area (TPSA) is 35.5 Å². The molecule has 0 aliphatic heterocycles. The molecular formula is C19H28O3. The van der Waals surface area contributed by atoms with E-state index in [0.717, 1.165) is 30.8 Å². The molecule has 1 atom stereocenters. The minimum atomic E-state index is -0.300. The second-order valence-electron chi connectivity index (χ2n) is 5.47. The molecule has 0 heterocycles. The van der Waals surface area contributed by atoms with Crippen molar-refractivity contribution >= 4 is 12.0 Å². The molecule has 0 spiro atoms. The average Bonchev–Trinajstić information content (AvgIpc) is 2.53. The summed E-state index contributed by atoms with van der Waals surface area (Å²) >= 11 is 0. The molecule has 0 saturated carbocycles. The largest absolute Gasteiger partial charge is 0.494 e. The van der Waals surface area contributed by atoms with Crippen molar-refractivity contribution in [1.82, 2.24) is 0 Å². The molecule has 122 valence electrons. The summed E-state index contributed by atoms with van der Waals surface area (Å²) in [7, 11) is 0. The maximum Gasteiger partial charge on any atom is 0.331 e. The van der Waals surface area contributed by atoms with Crippen LogP contribution >= 0.6 is 0 Å². The first kappa shape index (κ1) is 18.3. The molecule has 3 heteroatoms. The van der Waals surface area contributed by atoms with Crippen LogP contribution in [0.1, 0.15) is 58.4 Å². The highest BCUT2D eigenvalue weighted by Crippen LogP contribution is 2.14. The van der Waals surface area contributed by atoms with E-state index in [1.807, 2.05) is 38.1 Å². The third-order valence-corrected chi connectivity index (χ3v) is 3.45. The molecule has 0 aliphatic carbocycles. The lowest BCUT2D eigenvalue weighted by molar-refractivity contribution is -0.142. The van der Waals surface area contributed by atoms with Gasteiger partial charge < -0.3 is 9.47 Å². The minimum absolute atomic E-state index is 0.0411. The summed E-state index contributed by atoms with van der Waals surface area (Å²) in [5, 5.41) is 0. The lowest BCUT2D eigenvalue weighted by Gasteiger charge is -2.08. The molecule has 3 nitrogen and oxygen atoms in total. The van der Waals surface area contributed by atoms with E-state index in [1.54, 1.807) is 6.08 Å². The Morgan fingerprint density at radius 1 is 1.14 bits per heavy atom. The summed E-state index contributed by atoms with van der Waals surface area (Å²) in [6.45, 7) is 6.84. The van der Waals surface area contributed by atoms with E-state index >= 15 is 0 Å². The smallest absolute Gasteiger partial charge is 0.331 e. The van der Waals surface area contributed by atoms with Gasteiger partial charge in [-0.15, -0.1) is 0 Å². The Labute approximate surface area is 134 Å². The first-order chi connectivity index (χ1) is 10.7. The van der Waals surface area contributed by atoms with Crippen LogP contribution in [0, 0.1) is 0 Å². The summed E-state index contributed by atoms with van der Waals surface area (Å²) in [6, 6.07) is 7.74. The quantitative estimate of drug-likeness (QED) is 0.346. The summed E-state index contributed by atoms with van der Waals surface area (Å²) in [5.41, 5.74) is 0.958. The molecule has 0 N–H and O–H groups in total. The number of ether oxygens (including phenoxy) is 2. The number of carbonyl (C=O) groups is 1. The van der Waals surface area contributed by atoms with Crippen molar-refractivity contribution in [2.75, 3.05) is 6.61 Å². The molecule has 1 rings (SSSR count). The Bertz CT molecular complexity index is 448. The fourth-order valence-corrected chi connectivity index (χ4v) is 1.88. The third-order valence-electron chi connectivity index (χ3n) is 3.45. The highest BCUT2D eigenvalue weighted by molar-refractivity contribution is 5.87. The van der Waals surface area contributed by atoms with Gasteiger partial charge in [0.2, 0.25) is 0 Å². The van der Waals surface area contributed by atoms with Gasteiger partial charge in [0.05, 0.1) is 12.7 Å². The van der Waals surface area contributed by atoms with Gasteiger partial charge in [0, 0.05) is 6.08 Å². The van der Waals surface area contributed by atoms with Gasteiger partial charge in [-0.2, -0.15) is 0 Å². The molecule has 22 heavy (non-hydrogen) atoms. The number of hydrogen-bond donors (Lipinski definition) is 0. The Kier molecular flexibility index (Phi) is 9.04. The Balaban J connectivity index is 2.36. The molecule has 0 bridgehead atoms. The fourth-order valence-electron chi connectivity index (χ4n) is 1.88. The molecule has 0 saturated heterocycles. The van der Waals surface area contributed by atoms with Crippen LogP contribution < -0.4 is 4.74 Å². The highest BCUT2D eigenvalue weighted by atomic mass is 16.5. The van der Waals surface area contributed by atoms with Gasteiger partial charge in [0.15, 0.2) is 0 Å². The Morgan fingerprint density at radius 2 is 1.86 bits per heavy atom. The van der Waals surface area contributed by atoms with Crippen molar-refractivity contribution in [3.63, 3.8) is 0 Å². The van der Waals surface area contributed by atoms with Crippen molar-refractivity contribution in [2.24, 2.45) is 0 Å². The van der Waals surface area contributed by atoms with Gasteiger partial charge in [0.1, 0.15) is 5.75 Å². The predicted octanol–water partition coefficient (Wildman–Crippen LogP) is 5.00. The summed E-state index contributed by atoms with van der Waals surface area (Å²) < 4.78 is 10.9. The van der Waals surface area contributed by atoms with Crippen molar-refractivity contribution in [1.29, 1.82) is 0 Å². The van der Waals surface area contributed by atoms with Crippen LogP contribution in [0.3, 0.4) is 0 Å². The zero-order valence-corrected chi connectivity index (χ0v) is 14.0. The first-order valence-corrected chi connectivity index (χ1v) is 8.27. The van der Waals surface area contributed by atoms with Crippen LogP contribution in [0.25, 0.3) is 6.08 Å². The molecule has 0 fully saturated rings. The van der Waals surface area contributed by atoms with E-state index in [0.29, 0.717) is 0 Å². The molecule has 1 unspecified atom stereocenters. The van der Waals surface area contributed by atoms with Crippen molar-refractivity contribution in [3.05, 3.63) is 35.9 Å². The maximum atomic E-state index is 11.5. The van der Waals surface area contributed by atoms with Gasteiger partial charge in [0.25, 0.3) is 0 Å². The number of unbranched alkanes of at least 4 members (excludes halogenated alkanes) is 3. The minimum Gasteiger partial charge on any atom is -0.494 e. The molecular weight excluding hydrogens is 276 g/mol. The predicted molar refractivity (Wildman–Crippen MR) is 91.0 cm³/mol. The average molecular weight is 304 g/mol. The fraction of sp³-hybridized carbons (Fsp3) is 0.526. The molecule has 0 aliphatic rings. The van der Waals surface area contributed by atoms with Gasteiger partial charge in [-0.3, -0.25) is 0 Å². The van der Waals surface area contributed by atoms with Crippen LogP contribution in [-0.2, 0) is 9.53 Å². The lowest BCUT2D eigenvalue weighted by atomic mass is 10.2. The van der Waals surface area contributed by atoms with Crippen LogP contribution in [0.2, 0.25) is 0 Å². The van der Waals surface area contributed by atoms with E-state index in [1.165, 1.54) is 25.3 Å². The van der Waals surface area contributed by atoms with Gasteiger partial charge in [-0.1, -0.05) is 45.2 Å². The normalized spacial score (nSPS) is 12.3. The van der Waals surface area contributed by atoms with Crippen LogP contribution in [0.4, 0.5) is 0 Å². The van der Waals surface area contributed by atoms with Crippen LogP contribution in [0.5, 0.6) is 5.75 Å². The Morgan fingerprint density at radius 3 is 2.50 bits per heavy atom. The molecule has 0 amide bonds. The zero-order chi connectivity index (χ0) is 16.2. The van der Waals surface area contributed by atoms with E-state index < -0.39 is 0 Å². The van der Waals surface area contributed by atoms with Crippen molar-refractivity contribution in [3.8, 4) is 5.75 Å². The van der Waals surface area contributed by atoms with Crippen molar-refractivity contribution in [2.45, 2.75) is 59.0 Å². The van der Waals surface area contributed by atoms with Crippen LogP contribution in [-0.4, -0.2) is 18.7 Å². The Hall–Kier alpha value is -1.77. The third kappa shape index (κ3) is 7.87. The van der Waals surface area contributed by atoms with Gasteiger partial charge in [-0.25, -0.2) is 4.79 Å². The second kappa shape index (κ2) is 10.9.